The van der Waals surface area contributed by atoms with Crippen molar-refractivity contribution < 1.29 is 0 Å². The Labute approximate surface area is 243 Å². The lowest BCUT2D eigenvalue weighted by Crippen LogP contribution is -2.00. The van der Waals surface area contributed by atoms with Crippen molar-refractivity contribution in [2.75, 3.05) is 0 Å². The number of nitrogens with zero attached hydrogens (tertiary/aromatic N) is 3. The number of fused-ring (bicyclic) bond motifs is 1. The number of halogens is 1. The molecule has 0 saturated carbocycles. The summed E-state index contributed by atoms with van der Waals surface area (Å²) in [7, 11) is 0. The SMILES string of the molecule is Clc1cc(-c2ccc(-c3nc(-c4ccccc4)nc(-c4cccc(-c5ccccc5)c4)n3)cc2)c2ccccc2c1. The van der Waals surface area contributed by atoms with Gasteiger partial charge in [0, 0.05) is 21.7 Å². The van der Waals surface area contributed by atoms with Crippen LogP contribution in [0.2, 0.25) is 5.02 Å². The van der Waals surface area contributed by atoms with Gasteiger partial charge in [-0.05, 0) is 51.2 Å². The monoisotopic (exact) mass is 545 g/mol. The molecule has 41 heavy (non-hydrogen) atoms. The Balaban J connectivity index is 1.33. The quantitative estimate of drug-likeness (QED) is 0.216. The molecule has 3 nitrogen and oxygen atoms in total. The van der Waals surface area contributed by atoms with E-state index < -0.39 is 0 Å². The van der Waals surface area contributed by atoms with Crippen molar-refractivity contribution in [3.8, 4) is 56.4 Å². The summed E-state index contributed by atoms with van der Waals surface area (Å²) in [5.74, 6) is 1.90. The molecule has 0 aliphatic rings. The second-order valence-corrected chi connectivity index (χ2v) is 10.3. The third-order valence-electron chi connectivity index (χ3n) is 7.18. The normalized spacial score (nSPS) is 11.0. The van der Waals surface area contributed by atoms with E-state index in [9.17, 15) is 0 Å². The molecule has 1 heterocycles. The van der Waals surface area contributed by atoms with Gasteiger partial charge in [0.15, 0.2) is 17.5 Å². The fourth-order valence-electron chi connectivity index (χ4n) is 5.13. The molecule has 7 aromatic rings. The van der Waals surface area contributed by atoms with Gasteiger partial charge in [-0.15, -0.1) is 0 Å². The van der Waals surface area contributed by atoms with Gasteiger partial charge >= 0.3 is 0 Å². The van der Waals surface area contributed by atoms with Crippen LogP contribution in [0.5, 0.6) is 0 Å². The van der Waals surface area contributed by atoms with Crippen molar-refractivity contribution in [3.63, 3.8) is 0 Å². The van der Waals surface area contributed by atoms with E-state index in [4.69, 9.17) is 26.6 Å². The molecule has 0 unspecified atom stereocenters. The first-order valence-corrected chi connectivity index (χ1v) is 13.9. The Kier molecular flexibility index (Phi) is 6.56. The predicted molar refractivity (Wildman–Crippen MR) is 170 cm³/mol. The fourth-order valence-corrected chi connectivity index (χ4v) is 5.36. The molecule has 7 rings (SSSR count). The summed E-state index contributed by atoms with van der Waals surface area (Å²) in [5, 5.41) is 3.00. The van der Waals surface area contributed by atoms with Crippen LogP contribution < -0.4 is 0 Å². The van der Waals surface area contributed by atoms with Gasteiger partial charge in [0.1, 0.15) is 0 Å². The molecule has 0 N–H and O–H groups in total. The van der Waals surface area contributed by atoms with Crippen LogP contribution in [-0.4, -0.2) is 15.0 Å². The Hall–Kier alpha value is -5.12. The van der Waals surface area contributed by atoms with Crippen LogP contribution >= 0.6 is 11.6 Å². The lowest BCUT2D eigenvalue weighted by Gasteiger charge is -2.11. The minimum absolute atomic E-state index is 0.626. The smallest absolute Gasteiger partial charge is 0.164 e. The Morgan fingerprint density at radius 2 is 0.878 bits per heavy atom. The van der Waals surface area contributed by atoms with Crippen molar-refractivity contribution in [2.45, 2.75) is 0 Å². The van der Waals surface area contributed by atoms with E-state index in [1.165, 1.54) is 0 Å². The summed E-state index contributed by atoms with van der Waals surface area (Å²) in [4.78, 5) is 14.8. The molecule has 4 heteroatoms. The second kappa shape index (κ2) is 10.8. The lowest BCUT2D eigenvalue weighted by molar-refractivity contribution is 1.07. The maximum Gasteiger partial charge on any atom is 0.164 e. The zero-order valence-electron chi connectivity index (χ0n) is 22.1. The van der Waals surface area contributed by atoms with Crippen molar-refractivity contribution >= 4 is 22.4 Å². The number of benzene rings is 6. The van der Waals surface area contributed by atoms with Crippen molar-refractivity contribution in [3.05, 3.63) is 151 Å². The van der Waals surface area contributed by atoms with E-state index in [-0.39, 0.29) is 0 Å². The van der Waals surface area contributed by atoms with Gasteiger partial charge in [0.25, 0.3) is 0 Å². The number of aromatic nitrogens is 3. The predicted octanol–water partition coefficient (Wildman–Crippen LogP) is 10.0. The average molecular weight is 546 g/mol. The van der Waals surface area contributed by atoms with Gasteiger partial charge in [-0.3, -0.25) is 0 Å². The first-order chi connectivity index (χ1) is 20.2. The summed E-state index contributed by atoms with van der Waals surface area (Å²) in [6, 6.07) is 49.4. The van der Waals surface area contributed by atoms with E-state index in [0.717, 1.165) is 54.7 Å². The van der Waals surface area contributed by atoms with E-state index in [1.54, 1.807) is 0 Å². The molecule has 0 bridgehead atoms. The highest BCUT2D eigenvalue weighted by Crippen LogP contribution is 2.34. The Bertz CT molecular complexity index is 1990. The maximum atomic E-state index is 6.48. The minimum Gasteiger partial charge on any atom is -0.208 e. The number of hydrogen-bond donors (Lipinski definition) is 0. The molecule has 194 valence electrons. The summed E-state index contributed by atoms with van der Waals surface area (Å²) in [6.07, 6.45) is 0. The summed E-state index contributed by atoms with van der Waals surface area (Å²) >= 11 is 6.48. The van der Waals surface area contributed by atoms with Gasteiger partial charge in [0.05, 0.1) is 0 Å². The molecule has 0 saturated heterocycles. The Morgan fingerprint density at radius 3 is 1.59 bits per heavy atom. The molecule has 6 aromatic carbocycles. The summed E-state index contributed by atoms with van der Waals surface area (Å²) in [5.41, 5.74) is 7.24. The van der Waals surface area contributed by atoms with Crippen LogP contribution in [0.3, 0.4) is 0 Å². The van der Waals surface area contributed by atoms with Crippen molar-refractivity contribution in [1.82, 2.24) is 15.0 Å². The van der Waals surface area contributed by atoms with Crippen molar-refractivity contribution in [1.29, 1.82) is 0 Å². The molecular formula is C37H24ClN3. The zero-order chi connectivity index (χ0) is 27.6. The molecule has 1 aromatic heterocycles. The van der Waals surface area contributed by atoms with Gasteiger partial charge < -0.3 is 0 Å². The minimum atomic E-state index is 0.626. The second-order valence-electron chi connectivity index (χ2n) is 9.87. The molecule has 0 amide bonds. The first-order valence-electron chi connectivity index (χ1n) is 13.5. The molecular weight excluding hydrogens is 522 g/mol. The van der Waals surface area contributed by atoms with Crippen LogP contribution in [0.25, 0.3) is 67.2 Å². The van der Waals surface area contributed by atoms with Gasteiger partial charge in [-0.1, -0.05) is 139 Å². The zero-order valence-corrected chi connectivity index (χ0v) is 22.8. The van der Waals surface area contributed by atoms with Crippen LogP contribution in [-0.2, 0) is 0 Å². The molecule has 0 aliphatic carbocycles. The van der Waals surface area contributed by atoms with Crippen molar-refractivity contribution in [2.24, 2.45) is 0 Å². The summed E-state index contributed by atoms with van der Waals surface area (Å²) in [6.45, 7) is 0. The van der Waals surface area contributed by atoms with Gasteiger partial charge in [-0.2, -0.15) is 0 Å². The topological polar surface area (TPSA) is 38.7 Å². The average Bonchev–Trinajstić information content (AvgIpc) is 3.05. The van der Waals surface area contributed by atoms with Gasteiger partial charge in [-0.25, -0.2) is 15.0 Å². The summed E-state index contributed by atoms with van der Waals surface area (Å²) < 4.78 is 0. The fraction of sp³-hybridized carbons (Fsp3) is 0. The largest absolute Gasteiger partial charge is 0.208 e. The van der Waals surface area contributed by atoms with Crippen LogP contribution in [0, 0.1) is 0 Å². The first kappa shape index (κ1) is 24.9. The van der Waals surface area contributed by atoms with Crippen LogP contribution in [0.4, 0.5) is 0 Å². The van der Waals surface area contributed by atoms with E-state index >= 15 is 0 Å². The Morgan fingerprint density at radius 1 is 0.366 bits per heavy atom. The lowest BCUT2D eigenvalue weighted by atomic mass is 9.97. The molecule has 0 radical (unpaired) electrons. The molecule has 0 spiro atoms. The standard InChI is InChI=1S/C37H24ClN3/c38-32-23-30-14-7-8-17-33(30)34(24-32)26-18-20-28(21-19-26)36-39-35(27-12-5-2-6-13-27)40-37(41-36)31-16-9-15-29(22-31)25-10-3-1-4-11-25/h1-24H. The van der Waals surface area contributed by atoms with Gasteiger partial charge in [0.2, 0.25) is 0 Å². The number of rotatable bonds is 5. The molecule has 0 fully saturated rings. The molecule has 0 aliphatic heterocycles. The van der Waals surface area contributed by atoms with E-state index in [2.05, 4.69) is 66.7 Å². The third kappa shape index (κ3) is 5.11. The maximum absolute atomic E-state index is 6.48. The number of hydrogen-bond acceptors (Lipinski definition) is 3. The highest BCUT2D eigenvalue weighted by atomic mass is 35.5. The van der Waals surface area contributed by atoms with E-state index in [0.29, 0.717) is 17.5 Å². The van der Waals surface area contributed by atoms with Crippen LogP contribution in [0.15, 0.2) is 146 Å². The highest BCUT2D eigenvalue weighted by molar-refractivity contribution is 6.32. The van der Waals surface area contributed by atoms with E-state index in [1.807, 2.05) is 78.9 Å². The highest BCUT2D eigenvalue weighted by Gasteiger charge is 2.14. The third-order valence-corrected chi connectivity index (χ3v) is 7.39. The van der Waals surface area contributed by atoms with Crippen LogP contribution in [0.1, 0.15) is 0 Å². The molecule has 0 atom stereocenters.